The van der Waals surface area contributed by atoms with Gasteiger partial charge >= 0.3 is 0 Å². The molecule has 1 aliphatic rings. The highest BCUT2D eigenvalue weighted by Crippen LogP contribution is 2.36. The number of carbonyl (C=O) groups excluding carboxylic acids is 2. The smallest absolute Gasteiger partial charge is 0.237 e. The van der Waals surface area contributed by atoms with E-state index in [1.807, 2.05) is 0 Å². The average Bonchev–Trinajstić information content (AvgIpc) is 2.94. The molecule has 1 fully saturated rings. The van der Waals surface area contributed by atoms with Gasteiger partial charge in [-0.15, -0.1) is 0 Å². The molecule has 0 saturated carbocycles. The van der Waals surface area contributed by atoms with E-state index < -0.39 is 45.1 Å². The van der Waals surface area contributed by atoms with Crippen molar-refractivity contribution < 1.29 is 26.8 Å². The van der Waals surface area contributed by atoms with Crippen LogP contribution in [0.15, 0.2) is 41.3 Å². The third-order valence-corrected chi connectivity index (χ3v) is 6.25. The van der Waals surface area contributed by atoms with Crippen molar-refractivity contribution in [2.45, 2.75) is 17.7 Å². The molecular formula is C20H20F2N2O4S. The summed E-state index contributed by atoms with van der Waals surface area (Å²) >= 11 is 0. The zero-order chi connectivity index (χ0) is 21.5. The summed E-state index contributed by atoms with van der Waals surface area (Å²) in [6.45, 7) is 1.36. The van der Waals surface area contributed by atoms with Crippen molar-refractivity contribution in [3.63, 3.8) is 0 Å². The fourth-order valence-electron chi connectivity index (χ4n) is 3.55. The minimum Gasteiger partial charge on any atom is -0.344 e. The van der Waals surface area contributed by atoms with E-state index in [0.717, 1.165) is 12.3 Å². The third kappa shape index (κ3) is 3.87. The molecule has 1 aliphatic heterocycles. The highest BCUT2D eigenvalue weighted by molar-refractivity contribution is 7.90. The summed E-state index contributed by atoms with van der Waals surface area (Å²) in [6.07, 6.45) is 1.01. The Hall–Kier alpha value is -2.81. The number of amides is 2. The summed E-state index contributed by atoms with van der Waals surface area (Å²) in [5, 5.41) is 2.49. The number of sulfone groups is 1. The Balaban J connectivity index is 1.99. The van der Waals surface area contributed by atoms with Gasteiger partial charge in [0.2, 0.25) is 11.8 Å². The van der Waals surface area contributed by atoms with Gasteiger partial charge in [-0.1, -0.05) is 18.2 Å². The highest BCUT2D eigenvalue weighted by Gasteiger charge is 2.45. The van der Waals surface area contributed by atoms with Crippen LogP contribution in [0.5, 0.6) is 0 Å². The van der Waals surface area contributed by atoms with Gasteiger partial charge in [-0.05, 0) is 30.7 Å². The van der Waals surface area contributed by atoms with Crippen LogP contribution in [0.25, 0.3) is 0 Å². The molecule has 9 heteroatoms. The molecule has 2 atom stereocenters. The Labute approximate surface area is 167 Å². The van der Waals surface area contributed by atoms with Gasteiger partial charge in [0.05, 0.1) is 10.6 Å². The number of likely N-dealkylation sites (N-methyl/N-ethyl adjacent to an activating group) is 1. The van der Waals surface area contributed by atoms with Crippen LogP contribution in [-0.2, 0) is 19.4 Å². The summed E-state index contributed by atoms with van der Waals surface area (Å²) in [5.74, 6) is -4.89. The molecule has 154 valence electrons. The Morgan fingerprint density at radius 2 is 1.83 bits per heavy atom. The number of hydrogen-bond acceptors (Lipinski definition) is 4. The van der Waals surface area contributed by atoms with E-state index in [0.29, 0.717) is 0 Å². The molecule has 29 heavy (non-hydrogen) atoms. The number of rotatable bonds is 4. The lowest BCUT2D eigenvalue weighted by molar-refractivity contribution is -0.135. The van der Waals surface area contributed by atoms with Crippen LogP contribution >= 0.6 is 0 Å². The zero-order valence-corrected chi connectivity index (χ0v) is 16.9. The van der Waals surface area contributed by atoms with Crippen LogP contribution in [0.3, 0.4) is 0 Å². The summed E-state index contributed by atoms with van der Waals surface area (Å²) in [5.41, 5.74) is -0.0823. The van der Waals surface area contributed by atoms with E-state index in [9.17, 15) is 26.8 Å². The number of carbonyl (C=O) groups is 2. The number of likely N-dealkylation sites (tertiary alicyclic amines) is 1. The van der Waals surface area contributed by atoms with Gasteiger partial charge in [-0.25, -0.2) is 17.2 Å². The number of nitrogens with zero attached hydrogens (tertiary/aromatic N) is 1. The molecule has 2 amide bonds. The molecule has 1 heterocycles. The number of nitrogens with one attached hydrogen (secondary N) is 1. The maximum atomic E-state index is 14.7. The third-order valence-electron chi connectivity index (χ3n) is 5.09. The molecular weight excluding hydrogens is 402 g/mol. The molecule has 1 saturated heterocycles. The van der Waals surface area contributed by atoms with Gasteiger partial charge in [0.1, 0.15) is 17.6 Å². The molecule has 0 unspecified atom stereocenters. The second-order valence-corrected chi connectivity index (χ2v) is 9.12. The maximum absolute atomic E-state index is 14.7. The maximum Gasteiger partial charge on any atom is 0.237 e. The van der Waals surface area contributed by atoms with E-state index in [1.54, 1.807) is 6.07 Å². The van der Waals surface area contributed by atoms with E-state index >= 15 is 0 Å². The van der Waals surface area contributed by atoms with Crippen molar-refractivity contribution in [1.29, 1.82) is 0 Å². The van der Waals surface area contributed by atoms with E-state index in [2.05, 4.69) is 5.32 Å². The molecule has 3 rings (SSSR count). The monoisotopic (exact) mass is 422 g/mol. The summed E-state index contributed by atoms with van der Waals surface area (Å²) in [7, 11) is -2.13. The Bertz CT molecular complexity index is 1100. The lowest BCUT2D eigenvalue weighted by atomic mass is 9.86. The zero-order valence-electron chi connectivity index (χ0n) is 16.1. The largest absolute Gasteiger partial charge is 0.344 e. The Morgan fingerprint density at radius 1 is 1.17 bits per heavy atom. The van der Waals surface area contributed by atoms with Crippen LogP contribution in [0.4, 0.5) is 14.5 Å². The molecule has 0 aromatic heterocycles. The van der Waals surface area contributed by atoms with E-state index in [4.69, 9.17) is 0 Å². The van der Waals surface area contributed by atoms with Crippen molar-refractivity contribution >= 4 is 27.3 Å². The molecule has 0 spiro atoms. The standard InChI is InChI=1S/C20H20F2N2O4S/c1-11-14(21)9-8-12(18(11)22)13-10-24(2)20(26)17(13)19(25)23-15-6-4-5-7-16(15)29(3,27)28/h4-9,13,17H,10H2,1-3H3,(H,23,25)/t13-,17+/m1/s1. The van der Waals surface area contributed by atoms with Crippen LogP contribution in [0.1, 0.15) is 17.0 Å². The summed E-state index contributed by atoms with van der Waals surface area (Å²) in [4.78, 5) is 26.8. The number of benzene rings is 2. The second-order valence-electron chi connectivity index (χ2n) is 7.14. The quantitative estimate of drug-likeness (QED) is 0.768. The van der Waals surface area contributed by atoms with Crippen molar-refractivity contribution in [2.75, 3.05) is 25.2 Å². The lowest BCUT2D eigenvalue weighted by Gasteiger charge is -2.19. The van der Waals surface area contributed by atoms with Gasteiger partial charge in [-0.2, -0.15) is 0 Å². The van der Waals surface area contributed by atoms with Crippen molar-refractivity contribution in [3.8, 4) is 0 Å². The van der Waals surface area contributed by atoms with Gasteiger partial charge in [0.25, 0.3) is 0 Å². The molecule has 0 radical (unpaired) electrons. The Morgan fingerprint density at radius 3 is 2.48 bits per heavy atom. The van der Waals surface area contributed by atoms with Gasteiger partial charge in [0.15, 0.2) is 9.84 Å². The molecule has 2 aromatic carbocycles. The Kier molecular flexibility index (Phi) is 5.44. The van der Waals surface area contributed by atoms with Crippen molar-refractivity contribution in [1.82, 2.24) is 4.90 Å². The molecule has 0 bridgehead atoms. The van der Waals surface area contributed by atoms with Crippen molar-refractivity contribution in [2.24, 2.45) is 5.92 Å². The van der Waals surface area contributed by atoms with Crippen LogP contribution in [0.2, 0.25) is 0 Å². The SMILES string of the molecule is Cc1c(F)ccc([C@H]2CN(C)C(=O)[C@@H]2C(=O)Nc2ccccc2S(C)(=O)=O)c1F. The first kappa shape index (κ1) is 20.9. The minimum absolute atomic E-state index is 0.0388. The second kappa shape index (κ2) is 7.55. The topological polar surface area (TPSA) is 83.6 Å². The predicted molar refractivity (Wildman–Crippen MR) is 103 cm³/mol. The van der Waals surface area contributed by atoms with Gasteiger partial charge in [-0.3, -0.25) is 9.59 Å². The van der Waals surface area contributed by atoms with Crippen LogP contribution in [-0.4, -0.2) is 45.0 Å². The van der Waals surface area contributed by atoms with Crippen molar-refractivity contribution in [3.05, 3.63) is 59.2 Å². The normalized spacial score (nSPS) is 19.5. The number of anilines is 1. The van der Waals surface area contributed by atoms with E-state index in [1.165, 1.54) is 43.1 Å². The molecule has 2 aromatic rings. The number of para-hydroxylation sites is 1. The molecule has 6 nitrogen and oxygen atoms in total. The van der Waals surface area contributed by atoms with Gasteiger partial charge < -0.3 is 10.2 Å². The fraction of sp³-hybridized carbons (Fsp3) is 0.300. The predicted octanol–water partition coefficient (Wildman–Crippen LogP) is 2.49. The molecule has 1 N–H and O–H groups in total. The van der Waals surface area contributed by atoms with Crippen LogP contribution in [0, 0.1) is 24.5 Å². The first-order chi connectivity index (χ1) is 13.5. The summed E-state index contributed by atoms with van der Waals surface area (Å²) < 4.78 is 52.2. The highest BCUT2D eigenvalue weighted by atomic mass is 32.2. The fourth-order valence-corrected chi connectivity index (χ4v) is 4.39. The van der Waals surface area contributed by atoms with E-state index in [-0.39, 0.29) is 28.3 Å². The lowest BCUT2D eigenvalue weighted by Crippen LogP contribution is -2.33. The number of halogens is 2. The molecule has 0 aliphatic carbocycles. The average molecular weight is 422 g/mol. The van der Waals surface area contributed by atoms with Gasteiger partial charge in [0, 0.05) is 31.3 Å². The summed E-state index contributed by atoms with van der Waals surface area (Å²) in [6, 6.07) is 8.15. The number of hydrogen-bond donors (Lipinski definition) is 1. The first-order valence-electron chi connectivity index (χ1n) is 8.81. The van der Waals surface area contributed by atoms with Crippen LogP contribution < -0.4 is 5.32 Å². The minimum atomic E-state index is -3.62. The first-order valence-corrected chi connectivity index (χ1v) is 10.7.